The van der Waals surface area contributed by atoms with E-state index in [1.54, 1.807) is 7.11 Å². The molecule has 1 saturated carbocycles. The van der Waals surface area contributed by atoms with Gasteiger partial charge >= 0.3 is 0 Å². The molecule has 2 amide bonds. The number of benzene rings is 2. The Morgan fingerprint density at radius 3 is 2.63 bits per heavy atom. The fourth-order valence-corrected chi connectivity index (χ4v) is 2.88. The molecule has 5 nitrogen and oxygen atoms in total. The van der Waals surface area contributed by atoms with Gasteiger partial charge in [-0.15, -0.1) is 0 Å². The third-order valence-corrected chi connectivity index (χ3v) is 4.50. The Labute approximate surface area is 155 Å². The molecule has 0 saturated heterocycles. The van der Waals surface area contributed by atoms with E-state index >= 15 is 0 Å². The minimum atomic E-state index is -0.844. The second-order valence-electron chi connectivity index (χ2n) is 6.45. The second kappa shape index (κ2) is 8.16. The van der Waals surface area contributed by atoms with Crippen molar-refractivity contribution >= 4 is 17.5 Å². The van der Waals surface area contributed by atoms with E-state index in [0.29, 0.717) is 25.5 Å². The van der Waals surface area contributed by atoms with Crippen molar-refractivity contribution in [3.8, 4) is 5.75 Å². The SMILES string of the molecule is COc1cccc(CCNC(=O)C2CC2C(=O)Nc2ccc(F)cc2F)c1. The van der Waals surface area contributed by atoms with E-state index in [2.05, 4.69) is 10.6 Å². The number of carbonyl (C=O) groups is 2. The minimum absolute atomic E-state index is 0.0921. The predicted molar refractivity (Wildman–Crippen MR) is 96.3 cm³/mol. The van der Waals surface area contributed by atoms with Crippen LogP contribution in [0.15, 0.2) is 42.5 Å². The van der Waals surface area contributed by atoms with E-state index < -0.39 is 29.4 Å². The highest BCUT2D eigenvalue weighted by molar-refractivity contribution is 5.99. The van der Waals surface area contributed by atoms with Crippen molar-refractivity contribution in [2.24, 2.45) is 11.8 Å². The molecule has 2 unspecified atom stereocenters. The number of anilines is 1. The van der Waals surface area contributed by atoms with Crippen LogP contribution in [0, 0.1) is 23.5 Å². The number of methoxy groups -OCH3 is 1. The molecule has 142 valence electrons. The first-order valence-electron chi connectivity index (χ1n) is 8.64. The van der Waals surface area contributed by atoms with Gasteiger partial charge in [0.05, 0.1) is 24.6 Å². The van der Waals surface area contributed by atoms with Crippen LogP contribution in [0.5, 0.6) is 5.75 Å². The van der Waals surface area contributed by atoms with Gasteiger partial charge in [0, 0.05) is 12.6 Å². The summed E-state index contributed by atoms with van der Waals surface area (Å²) >= 11 is 0. The standard InChI is InChI=1S/C20H20F2N2O3/c1-27-14-4-2-3-12(9-14)7-8-23-19(25)15-11-16(15)20(26)24-18-6-5-13(21)10-17(18)22/h2-6,9-10,15-16H,7-8,11H2,1H3,(H,23,25)(H,24,26). The van der Waals surface area contributed by atoms with Gasteiger partial charge in [0.1, 0.15) is 17.4 Å². The van der Waals surface area contributed by atoms with Crippen LogP contribution < -0.4 is 15.4 Å². The Hall–Kier alpha value is -2.96. The lowest BCUT2D eigenvalue weighted by molar-refractivity contribution is -0.125. The van der Waals surface area contributed by atoms with Gasteiger partial charge in [0.2, 0.25) is 11.8 Å². The third-order valence-electron chi connectivity index (χ3n) is 4.50. The van der Waals surface area contributed by atoms with Crippen LogP contribution in [0.3, 0.4) is 0 Å². The Balaban J connectivity index is 1.45. The molecular weight excluding hydrogens is 354 g/mol. The molecule has 0 heterocycles. The predicted octanol–water partition coefficient (Wildman–Crippen LogP) is 2.91. The highest BCUT2D eigenvalue weighted by atomic mass is 19.1. The quantitative estimate of drug-likeness (QED) is 0.783. The molecule has 3 rings (SSSR count). The van der Waals surface area contributed by atoms with E-state index in [0.717, 1.165) is 23.4 Å². The Morgan fingerprint density at radius 1 is 1.11 bits per heavy atom. The molecule has 0 spiro atoms. The topological polar surface area (TPSA) is 67.4 Å². The Bertz CT molecular complexity index is 857. The maximum Gasteiger partial charge on any atom is 0.228 e. The highest BCUT2D eigenvalue weighted by Crippen LogP contribution is 2.39. The molecule has 7 heteroatoms. The van der Waals surface area contributed by atoms with Gasteiger partial charge in [-0.3, -0.25) is 9.59 Å². The summed E-state index contributed by atoms with van der Waals surface area (Å²) in [4.78, 5) is 24.3. The zero-order chi connectivity index (χ0) is 19.4. The maximum atomic E-state index is 13.6. The van der Waals surface area contributed by atoms with Crippen molar-refractivity contribution in [1.82, 2.24) is 5.32 Å². The number of nitrogens with one attached hydrogen (secondary N) is 2. The molecule has 2 aromatic carbocycles. The van der Waals surface area contributed by atoms with Crippen molar-refractivity contribution in [1.29, 1.82) is 0 Å². The van der Waals surface area contributed by atoms with Gasteiger partial charge in [0.25, 0.3) is 0 Å². The van der Waals surface area contributed by atoms with E-state index in [-0.39, 0.29) is 11.6 Å². The number of amides is 2. The van der Waals surface area contributed by atoms with Crippen molar-refractivity contribution in [2.45, 2.75) is 12.8 Å². The zero-order valence-electron chi connectivity index (χ0n) is 14.8. The van der Waals surface area contributed by atoms with E-state index in [1.807, 2.05) is 24.3 Å². The minimum Gasteiger partial charge on any atom is -0.497 e. The summed E-state index contributed by atoms with van der Waals surface area (Å²) in [6.45, 7) is 0.448. The van der Waals surface area contributed by atoms with Crippen LogP contribution in [0.4, 0.5) is 14.5 Å². The number of rotatable bonds is 7. The summed E-state index contributed by atoms with van der Waals surface area (Å²) in [6, 6.07) is 10.5. The smallest absolute Gasteiger partial charge is 0.228 e. The first-order chi connectivity index (χ1) is 13.0. The molecule has 0 aliphatic heterocycles. The largest absolute Gasteiger partial charge is 0.497 e. The average Bonchev–Trinajstić information content (AvgIpc) is 3.45. The average molecular weight is 374 g/mol. The van der Waals surface area contributed by atoms with Gasteiger partial charge < -0.3 is 15.4 Å². The fraction of sp³-hybridized carbons (Fsp3) is 0.300. The summed E-state index contributed by atoms with van der Waals surface area (Å²) in [5, 5.41) is 5.22. The second-order valence-corrected chi connectivity index (χ2v) is 6.45. The summed E-state index contributed by atoms with van der Waals surface area (Å²) in [5.41, 5.74) is 0.942. The Kier molecular flexibility index (Phi) is 5.69. The van der Waals surface area contributed by atoms with Gasteiger partial charge in [-0.05, 0) is 42.7 Å². The monoisotopic (exact) mass is 374 g/mol. The number of carbonyl (C=O) groups excluding carboxylic acids is 2. The zero-order valence-corrected chi connectivity index (χ0v) is 14.8. The van der Waals surface area contributed by atoms with Crippen LogP contribution in [0.25, 0.3) is 0 Å². The van der Waals surface area contributed by atoms with E-state index in [9.17, 15) is 18.4 Å². The molecule has 2 aromatic rings. The first kappa shape index (κ1) is 18.8. The van der Waals surface area contributed by atoms with Crippen molar-refractivity contribution in [2.75, 3.05) is 19.0 Å². The van der Waals surface area contributed by atoms with E-state index in [1.165, 1.54) is 0 Å². The lowest BCUT2D eigenvalue weighted by Gasteiger charge is -2.08. The Morgan fingerprint density at radius 2 is 1.89 bits per heavy atom. The summed E-state index contributed by atoms with van der Waals surface area (Å²) in [5.74, 6) is -2.35. The van der Waals surface area contributed by atoms with Crippen molar-refractivity contribution in [3.63, 3.8) is 0 Å². The van der Waals surface area contributed by atoms with Crippen LogP contribution in [-0.4, -0.2) is 25.5 Å². The molecule has 0 radical (unpaired) electrons. The lowest BCUT2D eigenvalue weighted by atomic mass is 10.1. The molecule has 2 N–H and O–H groups in total. The molecule has 1 fully saturated rings. The number of hydrogen-bond acceptors (Lipinski definition) is 3. The van der Waals surface area contributed by atoms with Crippen LogP contribution in [0.2, 0.25) is 0 Å². The van der Waals surface area contributed by atoms with Crippen molar-refractivity contribution in [3.05, 3.63) is 59.7 Å². The molecule has 27 heavy (non-hydrogen) atoms. The van der Waals surface area contributed by atoms with Crippen LogP contribution in [-0.2, 0) is 16.0 Å². The molecule has 1 aliphatic carbocycles. The molecule has 0 bridgehead atoms. The van der Waals surface area contributed by atoms with Gasteiger partial charge in [-0.2, -0.15) is 0 Å². The highest BCUT2D eigenvalue weighted by Gasteiger charge is 2.48. The van der Waals surface area contributed by atoms with Crippen LogP contribution in [0.1, 0.15) is 12.0 Å². The summed E-state index contributed by atoms with van der Waals surface area (Å²) in [6.07, 6.45) is 1.06. The summed E-state index contributed by atoms with van der Waals surface area (Å²) in [7, 11) is 1.59. The van der Waals surface area contributed by atoms with Crippen LogP contribution >= 0.6 is 0 Å². The normalized spacial score (nSPS) is 17.9. The summed E-state index contributed by atoms with van der Waals surface area (Å²) < 4.78 is 31.6. The number of halogens is 2. The maximum absolute atomic E-state index is 13.6. The van der Waals surface area contributed by atoms with Crippen molar-refractivity contribution < 1.29 is 23.1 Å². The molecule has 2 atom stereocenters. The third kappa shape index (κ3) is 4.81. The van der Waals surface area contributed by atoms with Gasteiger partial charge in [0.15, 0.2) is 0 Å². The number of ether oxygens (including phenoxy) is 1. The van der Waals surface area contributed by atoms with Gasteiger partial charge in [-0.1, -0.05) is 12.1 Å². The lowest BCUT2D eigenvalue weighted by Crippen LogP contribution is -2.29. The van der Waals surface area contributed by atoms with Gasteiger partial charge in [-0.25, -0.2) is 8.78 Å². The van der Waals surface area contributed by atoms with E-state index in [4.69, 9.17) is 4.74 Å². The molecule has 1 aliphatic rings. The fourth-order valence-electron chi connectivity index (χ4n) is 2.88. The first-order valence-corrected chi connectivity index (χ1v) is 8.64. The molecular formula is C20H20F2N2O3. The molecule has 0 aromatic heterocycles. The number of hydrogen-bond donors (Lipinski definition) is 2.